The van der Waals surface area contributed by atoms with Crippen molar-refractivity contribution in [2.75, 3.05) is 4.43 Å². The second kappa shape index (κ2) is 5.68. The summed E-state index contributed by atoms with van der Waals surface area (Å²) in [6.07, 6.45) is -1.34. The van der Waals surface area contributed by atoms with Crippen LogP contribution < -0.4 is 0 Å². The molecular weight excluding hydrogens is 399 g/mol. The van der Waals surface area contributed by atoms with Crippen molar-refractivity contribution in [1.82, 2.24) is 0 Å². The van der Waals surface area contributed by atoms with Gasteiger partial charge >= 0.3 is 0 Å². The molecule has 3 aliphatic rings. The van der Waals surface area contributed by atoms with Gasteiger partial charge in [-0.15, -0.1) is 0 Å². The average molecular weight is 418 g/mol. The van der Waals surface area contributed by atoms with E-state index in [2.05, 4.69) is 22.6 Å². The van der Waals surface area contributed by atoms with E-state index in [0.29, 0.717) is 0 Å². The minimum Gasteiger partial charge on any atom is -0.341 e. The molecule has 1 aromatic rings. The summed E-state index contributed by atoms with van der Waals surface area (Å²) in [6.45, 7) is 3.79. The van der Waals surface area contributed by atoms with Gasteiger partial charge in [0.15, 0.2) is 18.4 Å². The number of halogens is 1. The van der Waals surface area contributed by atoms with E-state index in [9.17, 15) is 0 Å². The fourth-order valence-electron chi connectivity index (χ4n) is 3.26. The molecule has 1 aromatic carbocycles. The summed E-state index contributed by atoms with van der Waals surface area (Å²) in [4.78, 5) is 0. The van der Waals surface area contributed by atoms with Crippen LogP contribution in [0.25, 0.3) is 0 Å². The van der Waals surface area contributed by atoms with Crippen LogP contribution in [-0.2, 0) is 23.7 Å². The van der Waals surface area contributed by atoms with Gasteiger partial charge < -0.3 is 23.7 Å². The monoisotopic (exact) mass is 418 g/mol. The van der Waals surface area contributed by atoms with Crippen LogP contribution in [0.1, 0.15) is 25.7 Å². The standard InChI is InChI=1S/C16H19IO5/c1-16(2)21-13-12-11(19-15(13)22-16)10(8-17)18-14(20-12)9-6-4-3-5-7-9/h3-7,10-15H,8H2,1-2H3/t10-,11+,12-,13+,14+,15+/m0/s1. The zero-order chi connectivity index (χ0) is 15.3. The lowest BCUT2D eigenvalue weighted by Gasteiger charge is -2.39. The molecule has 0 aliphatic carbocycles. The van der Waals surface area contributed by atoms with Crippen LogP contribution >= 0.6 is 22.6 Å². The Morgan fingerprint density at radius 2 is 1.73 bits per heavy atom. The number of fused-ring (bicyclic) bond motifs is 3. The lowest BCUT2D eigenvalue weighted by atomic mass is 10.0. The maximum absolute atomic E-state index is 6.18. The molecule has 3 aliphatic heterocycles. The highest BCUT2D eigenvalue weighted by Gasteiger charge is 2.59. The summed E-state index contributed by atoms with van der Waals surface area (Å²) in [5.41, 5.74) is 1.01. The predicted molar refractivity (Wildman–Crippen MR) is 86.5 cm³/mol. The zero-order valence-electron chi connectivity index (χ0n) is 12.5. The summed E-state index contributed by atoms with van der Waals surface area (Å²) in [7, 11) is 0. The van der Waals surface area contributed by atoms with Crippen molar-refractivity contribution in [3.63, 3.8) is 0 Å². The molecule has 0 N–H and O–H groups in total. The van der Waals surface area contributed by atoms with Crippen LogP contribution in [-0.4, -0.2) is 40.9 Å². The van der Waals surface area contributed by atoms with Crippen molar-refractivity contribution < 1.29 is 23.7 Å². The molecule has 0 bridgehead atoms. The van der Waals surface area contributed by atoms with Crippen molar-refractivity contribution >= 4 is 22.6 Å². The van der Waals surface area contributed by atoms with Crippen LogP contribution in [0.5, 0.6) is 0 Å². The fourth-order valence-corrected chi connectivity index (χ4v) is 3.97. The second-order valence-corrected chi connectivity index (χ2v) is 7.12. The van der Waals surface area contributed by atoms with E-state index in [1.807, 2.05) is 44.2 Å². The zero-order valence-corrected chi connectivity index (χ0v) is 14.6. The first kappa shape index (κ1) is 15.3. The molecule has 4 rings (SSSR count). The number of hydrogen-bond acceptors (Lipinski definition) is 5. The third-order valence-electron chi connectivity index (χ3n) is 4.20. The van der Waals surface area contributed by atoms with E-state index in [1.54, 1.807) is 0 Å². The molecule has 0 radical (unpaired) electrons. The highest BCUT2D eigenvalue weighted by Crippen LogP contribution is 2.45. The minimum atomic E-state index is -0.635. The van der Waals surface area contributed by atoms with Crippen LogP contribution in [0.15, 0.2) is 30.3 Å². The molecule has 3 fully saturated rings. The Bertz CT molecular complexity index is 537. The Morgan fingerprint density at radius 1 is 0.955 bits per heavy atom. The Balaban J connectivity index is 1.59. The minimum absolute atomic E-state index is 0.0366. The van der Waals surface area contributed by atoms with E-state index >= 15 is 0 Å². The van der Waals surface area contributed by atoms with Crippen molar-refractivity contribution in [3.05, 3.63) is 35.9 Å². The molecule has 3 saturated heterocycles. The lowest BCUT2D eigenvalue weighted by molar-refractivity contribution is -0.305. The van der Waals surface area contributed by atoms with Crippen LogP contribution in [0.4, 0.5) is 0 Å². The maximum Gasteiger partial charge on any atom is 0.190 e. The van der Waals surface area contributed by atoms with Crippen LogP contribution in [0.2, 0.25) is 0 Å². The van der Waals surface area contributed by atoms with Gasteiger partial charge in [0.05, 0.1) is 6.10 Å². The van der Waals surface area contributed by atoms with Crippen molar-refractivity contribution in [1.29, 1.82) is 0 Å². The molecular formula is C16H19IO5. The molecule has 5 nitrogen and oxygen atoms in total. The van der Waals surface area contributed by atoms with E-state index in [-0.39, 0.29) is 30.7 Å². The Kier molecular flexibility index (Phi) is 3.95. The molecule has 120 valence electrons. The number of rotatable bonds is 2. The Morgan fingerprint density at radius 3 is 2.45 bits per heavy atom. The number of benzene rings is 1. The lowest BCUT2D eigenvalue weighted by Crippen LogP contribution is -2.50. The fraction of sp³-hybridized carbons (Fsp3) is 0.625. The van der Waals surface area contributed by atoms with Crippen molar-refractivity contribution in [2.24, 2.45) is 0 Å². The molecule has 0 saturated carbocycles. The molecule has 0 aromatic heterocycles. The van der Waals surface area contributed by atoms with Gasteiger partial charge in [-0.25, -0.2) is 0 Å². The average Bonchev–Trinajstić information content (AvgIpc) is 2.99. The van der Waals surface area contributed by atoms with Gasteiger partial charge in [-0.3, -0.25) is 0 Å². The topological polar surface area (TPSA) is 46.2 Å². The largest absolute Gasteiger partial charge is 0.341 e. The van der Waals surface area contributed by atoms with Gasteiger partial charge in [-0.2, -0.15) is 0 Å². The third kappa shape index (κ3) is 2.59. The van der Waals surface area contributed by atoms with Gasteiger partial charge in [-0.05, 0) is 13.8 Å². The van der Waals surface area contributed by atoms with Gasteiger partial charge in [0.25, 0.3) is 0 Å². The van der Waals surface area contributed by atoms with Crippen molar-refractivity contribution in [3.8, 4) is 0 Å². The summed E-state index contributed by atoms with van der Waals surface area (Å²) >= 11 is 2.32. The van der Waals surface area contributed by atoms with Gasteiger partial charge in [0.1, 0.15) is 18.3 Å². The van der Waals surface area contributed by atoms with E-state index in [0.717, 1.165) is 9.99 Å². The SMILES string of the molecule is CC1(C)O[C@H]2O[C@H]3[C@H](O[C@H](c4ccccc4)O[C@H]3CI)[C@H]2O1. The highest BCUT2D eigenvalue weighted by molar-refractivity contribution is 14.1. The smallest absolute Gasteiger partial charge is 0.190 e. The Labute approximate surface area is 143 Å². The normalized spacial score (nSPS) is 42.9. The Hall–Kier alpha value is -0.250. The van der Waals surface area contributed by atoms with Gasteiger partial charge in [-0.1, -0.05) is 52.9 Å². The molecule has 0 amide bonds. The van der Waals surface area contributed by atoms with E-state index in [4.69, 9.17) is 23.7 Å². The number of alkyl halides is 1. The molecule has 22 heavy (non-hydrogen) atoms. The second-order valence-electron chi connectivity index (χ2n) is 6.24. The van der Waals surface area contributed by atoms with Crippen molar-refractivity contribution in [2.45, 2.75) is 56.6 Å². The highest BCUT2D eigenvalue weighted by atomic mass is 127. The number of ether oxygens (including phenoxy) is 5. The van der Waals surface area contributed by atoms with Crippen LogP contribution in [0, 0.1) is 0 Å². The summed E-state index contributed by atoms with van der Waals surface area (Å²) in [5.74, 6) is -0.635. The summed E-state index contributed by atoms with van der Waals surface area (Å²) in [5, 5.41) is 0. The first-order chi connectivity index (χ1) is 10.6. The first-order valence-corrected chi connectivity index (χ1v) is 9.03. The number of hydrogen-bond donors (Lipinski definition) is 0. The molecule has 6 atom stereocenters. The molecule has 0 unspecified atom stereocenters. The van der Waals surface area contributed by atoms with E-state index < -0.39 is 12.1 Å². The molecule has 0 spiro atoms. The predicted octanol–water partition coefficient (Wildman–Crippen LogP) is 2.78. The van der Waals surface area contributed by atoms with Gasteiger partial charge in [0.2, 0.25) is 0 Å². The molecule has 6 heteroatoms. The summed E-state index contributed by atoms with van der Waals surface area (Å²) in [6, 6.07) is 9.98. The van der Waals surface area contributed by atoms with E-state index in [1.165, 1.54) is 0 Å². The first-order valence-electron chi connectivity index (χ1n) is 7.50. The molecule has 3 heterocycles. The van der Waals surface area contributed by atoms with Gasteiger partial charge in [0, 0.05) is 9.99 Å². The third-order valence-corrected chi connectivity index (χ3v) is 5.06. The quantitative estimate of drug-likeness (QED) is 0.546. The summed E-state index contributed by atoms with van der Waals surface area (Å²) < 4.78 is 30.9. The van der Waals surface area contributed by atoms with Crippen LogP contribution in [0.3, 0.4) is 0 Å². The maximum atomic E-state index is 6.18.